The van der Waals surface area contributed by atoms with Crippen LogP contribution in [0.1, 0.15) is 5.56 Å². The largest absolute Gasteiger partial charge is 0.478 e. The van der Waals surface area contributed by atoms with E-state index >= 15 is 0 Å². The smallest absolute Gasteiger partial charge is 0.328 e. The Morgan fingerprint density at radius 3 is 3.13 bits per heavy atom. The van der Waals surface area contributed by atoms with Crippen LogP contribution in [0.5, 0.6) is 0 Å². The van der Waals surface area contributed by atoms with E-state index in [9.17, 15) is 4.79 Å². The van der Waals surface area contributed by atoms with Gasteiger partial charge in [0.05, 0.1) is 0 Å². The van der Waals surface area contributed by atoms with Crippen molar-refractivity contribution in [1.29, 1.82) is 0 Å². The molecule has 0 bridgehead atoms. The number of pyridine rings is 1. The fourth-order valence-corrected chi connectivity index (χ4v) is 1.63. The van der Waals surface area contributed by atoms with E-state index in [0.717, 1.165) is 27.1 Å². The zero-order valence-electron chi connectivity index (χ0n) is 7.57. The number of carboxylic acid groups (broad SMARTS) is 1. The fraction of sp³-hybridized carbons (Fsp3) is 0. The Labute approximate surface area is 93.8 Å². The number of aromatic nitrogens is 2. The number of aromatic amines is 1. The minimum Gasteiger partial charge on any atom is -0.478 e. The first-order valence-electron chi connectivity index (χ1n) is 4.20. The standard InChI is InChI=1S/C10H7BrN2O2/c11-7-3-8-6(1-2-9(14)15)4-12-10(8)13-5-7/h1-5H,(H,12,13)(H,14,15)/b2-1+. The monoisotopic (exact) mass is 266 g/mol. The van der Waals surface area contributed by atoms with Gasteiger partial charge in [0.2, 0.25) is 0 Å². The number of nitrogens with zero attached hydrogens (tertiary/aromatic N) is 1. The van der Waals surface area contributed by atoms with Crippen LogP contribution < -0.4 is 0 Å². The Kier molecular flexibility index (Phi) is 2.55. The molecule has 0 radical (unpaired) electrons. The van der Waals surface area contributed by atoms with Gasteiger partial charge in [-0.1, -0.05) is 0 Å². The van der Waals surface area contributed by atoms with Gasteiger partial charge in [0.1, 0.15) is 5.65 Å². The summed E-state index contributed by atoms with van der Waals surface area (Å²) in [7, 11) is 0. The molecule has 76 valence electrons. The average molecular weight is 267 g/mol. The summed E-state index contributed by atoms with van der Waals surface area (Å²) in [5.41, 5.74) is 1.55. The molecule has 15 heavy (non-hydrogen) atoms. The van der Waals surface area contributed by atoms with Gasteiger partial charge in [0.15, 0.2) is 0 Å². The molecule has 0 spiro atoms. The summed E-state index contributed by atoms with van der Waals surface area (Å²) in [5, 5.41) is 9.41. The first kappa shape index (κ1) is 9.92. The molecule has 0 saturated carbocycles. The van der Waals surface area contributed by atoms with Crippen molar-refractivity contribution in [2.24, 2.45) is 0 Å². The maximum atomic E-state index is 10.4. The molecule has 5 heteroatoms. The summed E-state index contributed by atoms with van der Waals surface area (Å²) in [4.78, 5) is 17.5. The molecular formula is C10H7BrN2O2. The summed E-state index contributed by atoms with van der Waals surface area (Å²) < 4.78 is 0.861. The van der Waals surface area contributed by atoms with Gasteiger partial charge in [-0.05, 0) is 28.1 Å². The first-order valence-corrected chi connectivity index (χ1v) is 5.00. The maximum Gasteiger partial charge on any atom is 0.328 e. The Morgan fingerprint density at radius 2 is 2.40 bits per heavy atom. The second kappa shape index (κ2) is 3.86. The Hall–Kier alpha value is -1.62. The second-order valence-electron chi connectivity index (χ2n) is 2.97. The molecule has 0 atom stereocenters. The highest BCUT2D eigenvalue weighted by molar-refractivity contribution is 9.10. The van der Waals surface area contributed by atoms with Crippen molar-refractivity contribution in [3.8, 4) is 0 Å². The highest BCUT2D eigenvalue weighted by Gasteiger charge is 2.02. The average Bonchev–Trinajstić information content (AvgIpc) is 2.57. The van der Waals surface area contributed by atoms with Crippen LogP contribution in [0.2, 0.25) is 0 Å². The van der Waals surface area contributed by atoms with Gasteiger partial charge in [0.25, 0.3) is 0 Å². The number of carboxylic acids is 1. The molecule has 0 aliphatic heterocycles. The topological polar surface area (TPSA) is 66.0 Å². The summed E-state index contributed by atoms with van der Waals surface area (Å²) in [6.07, 6.45) is 6.05. The lowest BCUT2D eigenvalue weighted by atomic mass is 10.2. The van der Waals surface area contributed by atoms with Crippen LogP contribution in [0.4, 0.5) is 0 Å². The summed E-state index contributed by atoms with van der Waals surface area (Å²) in [6, 6.07) is 1.89. The van der Waals surface area contributed by atoms with Crippen LogP contribution in [0.15, 0.2) is 29.0 Å². The molecule has 2 N–H and O–H groups in total. The lowest BCUT2D eigenvalue weighted by molar-refractivity contribution is -0.131. The number of hydrogen-bond acceptors (Lipinski definition) is 2. The van der Waals surface area contributed by atoms with Crippen LogP contribution in [-0.4, -0.2) is 21.0 Å². The van der Waals surface area contributed by atoms with Gasteiger partial charge in [-0.2, -0.15) is 0 Å². The van der Waals surface area contributed by atoms with Crippen molar-refractivity contribution >= 4 is 39.0 Å². The molecule has 2 aromatic heterocycles. The molecule has 0 aliphatic carbocycles. The van der Waals surface area contributed by atoms with Crippen LogP contribution in [0.25, 0.3) is 17.1 Å². The van der Waals surface area contributed by atoms with Gasteiger partial charge < -0.3 is 10.1 Å². The summed E-state index contributed by atoms with van der Waals surface area (Å²) in [5.74, 6) is -0.965. The van der Waals surface area contributed by atoms with E-state index in [-0.39, 0.29) is 0 Å². The number of halogens is 1. The minimum absolute atomic E-state index is 0.739. The maximum absolute atomic E-state index is 10.4. The highest BCUT2D eigenvalue weighted by Crippen LogP contribution is 2.21. The van der Waals surface area contributed by atoms with Gasteiger partial charge in [-0.25, -0.2) is 9.78 Å². The van der Waals surface area contributed by atoms with E-state index in [0.29, 0.717) is 0 Å². The molecule has 4 nitrogen and oxygen atoms in total. The summed E-state index contributed by atoms with van der Waals surface area (Å²) in [6.45, 7) is 0. The number of rotatable bonds is 2. The van der Waals surface area contributed by atoms with Crippen molar-refractivity contribution in [2.75, 3.05) is 0 Å². The van der Waals surface area contributed by atoms with Crippen LogP contribution in [0.3, 0.4) is 0 Å². The number of fused-ring (bicyclic) bond motifs is 1. The third-order valence-corrected chi connectivity index (χ3v) is 2.37. The van der Waals surface area contributed by atoms with Crippen molar-refractivity contribution in [2.45, 2.75) is 0 Å². The van der Waals surface area contributed by atoms with Gasteiger partial charge in [-0.15, -0.1) is 0 Å². The first-order chi connectivity index (χ1) is 7.16. The van der Waals surface area contributed by atoms with E-state index in [1.54, 1.807) is 12.4 Å². The highest BCUT2D eigenvalue weighted by atomic mass is 79.9. The van der Waals surface area contributed by atoms with Gasteiger partial charge >= 0.3 is 5.97 Å². The Morgan fingerprint density at radius 1 is 1.60 bits per heavy atom. The molecule has 0 amide bonds. The number of aliphatic carboxylic acids is 1. The number of nitrogens with one attached hydrogen (secondary N) is 1. The predicted octanol–water partition coefficient (Wildman–Crippen LogP) is 2.42. The van der Waals surface area contributed by atoms with Gasteiger partial charge in [0, 0.05) is 33.9 Å². The van der Waals surface area contributed by atoms with Crippen LogP contribution >= 0.6 is 15.9 Å². The number of H-pyrrole nitrogens is 1. The van der Waals surface area contributed by atoms with E-state index < -0.39 is 5.97 Å². The fourth-order valence-electron chi connectivity index (χ4n) is 1.30. The minimum atomic E-state index is -0.965. The predicted molar refractivity (Wildman–Crippen MR) is 60.5 cm³/mol. The number of hydrogen-bond donors (Lipinski definition) is 2. The molecule has 2 aromatic rings. The van der Waals surface area contributed by atoms with Crippen molar-refractivity contribution in [3.63, 3.8) is 0 Å². The molecule has 0 aromatic carbocycles. The Balaban J connectivity index is 2.52. The molecule has 0 aliphatic rings. The molecule has 0 unspecified atom stereocenters. The summed E-state index contributed by atoms with van der Waals surface area (Å²) >= 11 is 3.31. The van der Waals surface area contributed by atoms with Crippen LogP contribution in [-0.2, 0) is 4.79 Å². The molecular weight excluding hydrogens is 260 g/mol. The second-order valence-corrected chi connectivity index (χ2v) is 3.88. The van der Waals surface area contributed by atoms with E-state index in [1.807, 2.05) is 6.07 Å². The zero-order chi connectivity index (χ0) is 10.8. The molecule has 0 fully saturated rings. The lowest BCUT2D eigenvalue weighted by Crippen LogP contribution is -1.85. The van der Waals surface area contributed by atoms with E-state index in [4.69, 9.17) is 5.11 Å². The SMILES string of the molecule is O=C(O)/C=C/c1c[nH]c2ncc(Br)cc12. The zero-order valence-corrected chi connectivity index (χ0v) is 9.15. The third-order valence-electron chi connectivity index (χ3n) is 1.94. The quantitative estimate of drug-likeness (QED) is 0.821. The van der Waals surface area contributed by atoms with Gasteiger partial charge in [-0.3, -0.25) is 0 Å². The molecule has 2 rings (SSSR count). The van der Waals surface area contributed by atoms with Crippen molar-refractivity contribution in [1.82, 2.24) is 9.97 Å². The number of carbonyl (C=O) groups is 1. The van der Waals surface area contributed by atoms with E-state index in [2.05, 4.69) is 25.9 Å². The van der Waals surface area contributed by atoms with E-state index in [1.165, 1.54) is 6.08 Å². The third kappa shape index (κ3) is 2.07. The molecule has 2 heterocycles. The van der Waals surface area contributed by atoms with Crippen LogP contribution in [0, 0.1) is 0 Å². The molecule has 0 saturated heterocycles. The van der Waals surface area contributed by atoms with Crippen molar-refractivity contribution in [3.05, 3.63) is 34.6 Å². The van der Waals surface area contributed by atoms with Crippen molar-refractivity contribution < 1.29 is 9.90 Å². The Bertz CT molecular complexity index is 545. The lowest BCUT2D eigenvalue weighted by Gasteiger charge is -1.92. The normalized spacial score (nSPS) is 11.3.